The highest BCUT2D eigenvalue weighted by atomic mass is 32.2. The molecule has 0 amide bonds. The summed E-state index contributed by atoms with van der Waals surface area (Å²) in [4.78, 5) is 2.03. The Morgan fingerprint density at radius 1 is 1.28 bits per heavy atom. The summed E-state index contributed by atoms with van der Waals surface area (Å²) in [5.74, 6) is 0.448. The van der Waals surface area contributed by atoms with E-state index < -0.39 is 9.84 Å². The highest BCUT2D eigenvalue weighted by Crippen LogP contribution is 2.18. The standard InChI is InChI=1S/C12H22N2O2S2/c1-10-9-18(15,16)8-7-14(10)12(17)13-11-5-3-2-4-6-11/h10-11H,2-9H2,1H3,(H,13,17). The van der Waals surface area contributed by atoms with Crippen LogP contribution in [0.1, 0.15) is 39.0 Å². The number of nitrogens with one attached hydrogen (secondary N) is 1. The molecule has 0 aromatic heterocycles. The van der Waals surface area contributed by atoms with Crippen LogP contribution in [0.4, 0.5) is 0 Å². The molecule has 0 aromatic carbocycles. The largest absolute Gasteiger partial charge is 0.360 e. The third-order valence-electron chi connectivity index (χ3n) is 3.86. The number of hydrogen-bond donors (Lipinski definition) is 1. The molecule has 1 N–H and O–H groups in total. The van der Waals surface area contributed by atoms with E-state index in [4.69, 9.17) is 12.2 Å². The van der Waals surface area contributed by atoms with Crippen molar-refractivity contribution in [1.82, 2.24) is 10.2 Å². The van der Waals surface area contributed by atoms with Gasteiger partial charge in [0.05, 0.1) is 11.5 Å². The molecule has 6 heteroatoms. The van der Waals surface area contributed by atoms with Crippen molar-refractivity contribution in [3.8, 4) is 0 Å². The van der Waals surface area contributed by atoms with Gasteiger partial charge in [0, 0.05) is 18.6 Å². The number of rotatable bonds is 1. The topological polar surface area (TPSA) is 49.4 Å². The average Bonchev–Trinajstić information content (AvgIpc) is 2.28. The fourth-order valence-electron chi connectivity index (χ4n) is 2.80. The van der Waals surface area contributed by atoms with Crippen molar-refractivity contribution in [2.75, 3.05) is 18.1 Å². The second-order valence-corrected chi connectivity index (χ2v) is 8.06. The highest BCUT2D eigenvalue weighted by molar-refractivity contribution is 7.91. The van der Waals surface area contributed by atoms with Crippen molar-refractivity contribution in [2.24, 2.45) is 0 Å². The summed E-state index contributed by atoms with van der Waals surface area (Å²) in [6.07, 6.45) is 6.22. The normalized spacial score (nSPS) is 28.9. The third-order valence-corrected chi connectivity index (χ3v) is 6.01. The summed E-state index contributed by atoms with van der Waals surface area (Å²) in [5, 5.41) is 4.15. The SMILES string of the molecule is CC1CS(=O)(=O)CCN1C(=S)NC1CCCCC1. The average molecular weight is 290 g/mol. The van der Waals surface area contributed by atoms with Crippen molar-refractivity contribution in [2.45, 2.75) is 51.1 Å². The number of hydrogen-bond acceptors (Lipinski definition) is 3. The minimum Gasteiger partial charge on any atom is -0.360 e. The fourth-order valence-corrected chi connectivity index (χ4v) is 4.80. The van der Waals surface area contributed by atoms with Crippen LogP contribution in [0, 0.1) is 0 Å². The number of thiocarbonyl (C=S) groups is 1. The van der Waals surface area contributed by atoms with Gasteiger partial charge in [0.2, 0.25) is 0 Å². The second-order valence-electron chi connectivity index (χ2n) is 5.44. The lowest BCUT2D eigenvalue weighted by Gasteiger charge is -2.37. The van der Waals surface area contributed by atoms with Crippen molar-refractivity contribution < 1.29 is 8.42 Å². The molecule has 1 atom stereocenters. The van der Waals surface area contributed by atoms with Gasteiger partial charge in [-0.05, 0) is 32.0 Å². The van der Waals surface area contributed by atoms with E-state index in [1.807, 2.05) is 11.8 Å². The Hall–Kier alpha value is -0.360. The van der Waals surface area contributed by atoms with Gasteiger partial charge in [-0.1, -0.05) is 19.3 Å². The molecule has 1 unspecified atom stereocenters. The Morgan fingerprint density at radius 3 is 2.56 bits per heavy atom. The van der Waals surface area contributed by atoms with Crippen LogP contribution < -0.4 is 5.32 Å². The Balaban J connectivity index is 1.89. The maximum absolute atomic E-state index is 11.5. The summed E-state index contributed by atoms with van der Waals surface area (Å²) in [5.41, 5.74) is 0. The van der Waals surface area contributed by atoms with Gasteiger partial charge in [0.25, 0.3) is 0 Å². The Morgan fingerprint density at radius 2 is 1.94 bits per heavy atom. The molecular formula is C12H22N2O2S2. The van der Waals surface area contributed by atoms with E-state index in [-0.39, 0.29) is 17.5 Å². The van der Waals surface area contributed by atoms with Crippen molar-refractivity contribution >= 4 is 27.2 Å². The summed E-state index contributed by atoms with van der Waals surface area (Å²) in [6, 6.07) is 0.476. The zero-order chi connectivity index (χ0) is 13.2. The first-order valence-electron chi connectivity index (χ1n) is 6.75. The van der Waals surface area contributed by atoms with Crippen LogP contribution in [0.2, 0.25) is 0 Å². The van der Waals surface area contributed by atoms with Crippen LogP contribution in [0.25, 0.3) is 0 Å². The molecule has 0 bridgehead atoms. The van der Waals surface area contributed by atoms with Crippen LogP contribution in [-0.2, 0) is 9.84 Å². The molecule has 4 nitrogen and oxygen atoms in total. The first kappa shape index (κ1) is 14.1. The van der Waals surface area contributed by atoms with Gasteiger partial charge in [0.15, 0.2) is 14.9 Å². The van der Waals surface area contributed by atoms with Crippen LogP contribution >= 0.6 is 12.2 Å². The van der Waals surface area contributed by atoms with Gasteiger partial charge in [-0.15, -0.1) is 0 Å². The van der Waals surface area contributed by atoms with Crippen LogP contribution in [0.15, 0.2) is 0 Å². The zero-order valence-corrected chi connectivity index (χ0v) is 12.5. The quantitative estimate of drug-likeness (QED) is 0.738. The lowest BCUT2D eigenvalue weighted by atomic mass is 9.96. The van der Waals surface area contributed by atoms with E-state index in [9.17, 15) is 8.42 Å². The molecule has 0 radical (unpaired) electrons. The van der Waals surface area contributed by atoms with Gasteiger partial charge in [-0.2, -0.15) is 0 Å². The van der Waals surface area contributed by atoms with Gasteiger partial charge in [-0.25, -0.2) is 8.42 Å². The molecule has 1 aliphatic carbocycles. The van der Waals surface area contributed by atoms with Crippen molar-refractivity contribution in [1.29, 1.82) is 0 Å². The van der Waals surface area contributed by atoms with Crippen LogP contribution in [-0.4, -0.2) is 48.6 Å². The molecule has 1 saturated carbocycles. The van der Waals surface area contributed by atoms with Crippen molar-refractivity contribution in [3.63, 3.8) is 0 Å². The Labute approximate surface area is 115 Å². The van der Waals surface area contributed by atoms with E-state index in [0.717, 1.165) is 5.11 Å². The monoisotopic (exact) mass is 290 g/mol. The lowest BCUT2D eigenvalue weighted by Crippen LogP contribution is -2.54. The molecule has 1 heterocycles. The molecule has 1 saturated heterocycles. The van der Waals surface area contributed by atoms with E-state index in [2.05, 4.69) is 5.32 Å². The van der Waals surface area contributed by atoms with Crippen LogP contribution in [0.3, 0.4) is 0 Å². The first-order chi connectivity index (χ1) is 8.48. The van der Waals surface area contributed by atoms with Gasteiger partial charge >= 0.3 is 0 Å². The number of nitrogens with zero attached hydrogens (tertiary/aromatic N) is 1. The maximum Gasteiger partial charge on any atom is 0.169 e. The predicted octanol–water partition coefficient (Wildman–Crippen LogP) is 1.31. The molecule has 18 heavy (non-hydrogen) atoms. The van der Waals surface area contributed by atoms with E-state index >= 15 is 0 Å². The molecule has 1 aliphatic heterocycles. The molecule has 2 fully saturated rings. The van der Waals surface area contributed by atoms with E-state index in [1.54, 1.807) is 0 Å². The summed E-state index contributed by atoms with van der Waals surface area (Å²) < 4.78 is 23.1. The van der Waals surface area contributed by atoms with Crippen LogP contribution in [0.5, 0.6) is 0 Å². The van der Waals surface area contributed by atoms with Crippen molar-refractivity contribution in [3.05, 3.63) is 0 Å². The second kappa shape index (κ2) is 5.74. The first-order valence-corrected chi connectivity index (χ1v) is 8.98. The lowest BCUT2D eigenvalue weighted by molar-refractivity contribution is 0.331. The summed E-state index contributed by atoms with van der Waals surface area (Å²) in [7, 11) is -2.86. The molecule has 2 aliphatic rings. The van der Waals surface area contributed by atoms with Gasteiger partial charge in [-0.3, -0.25) is 0 Å². The zero-order valence-electron chi connectivity index (χ0n) is 10.9. The summed E-state index contributed by atoms with van der Waals surface area (Å²) in [6.45, 7) is 2.47. The molecule has 0 aromatic rings. The fraction of sp³-hybridized carbons (Fsp3) is 0.917. The Bertz CT molecular complexity index is 402. The minimum atomic E-state index is -2.86. The predicted molar refractivity (Wildman–Crippen MR) is 77.4 cm³/mol. The highest BCUT2D eigenvalue weighted by Gasteiger charge is 2.30. The molecule has 2 rings (SSSR count). The smallest absolute Gasteiger partial charge is 0.169 e. The van der Waals surface area contributed by atoms with Gasteiger partial charge < -0.3 is 10.2 Å². The summed E-state index contributed by atoms with van der Waals surface area (Å²) >= 11 is 5.43. The molecule has 0 spiro atoms. The van der Waals surface area contributed by atoms with E-state index in [0.29, 0.717) is 12.6 Å². The molecular weight excluding hydrogens is 268 g/mol. The number of sulfone groups is 1. The molecule has 104 valence electrons. The minimum absolute atomic E-state index is 0.00709. The van der Waals surface area contributed by atoms with Gasteiger partial charge in [0.1, 0.15) is 0 Å². The van der Waals surface area contributed by atoms with E-state index in [1.165, 1.54) is 32.1 Å². The maximum atomic E-state index is 11.5. The third kappa shape index (κ3) is 3.57. The Kier molecular flexibility index (Phi) is 4.48.